The summed E-state index contributed by atoms with van der Waals surface area (Å²) < 4.78 is 17.6. The van der Waals surface area contributed by atoms with Gasteiger partial charge in [0.1, 0.15) is 0 Å². The lowest BCUT2D eigenvalue weighted by Gasteiger charge is -2.35. The van der Waals surface area contributed by atoms with Crippen LogP contribution in [0.5, 0.6) is 0 Å². The van der Waals surface area contributed by atoms with Crippen molar-refractivity contribution >= 4 is 5.97 Å². The summed E-state index contributed by atoms with van der Waals surface area (Å²) in [4.78, 5) is 11.0. The molecule has 0 aromatic heterocycles. The van der Waals surface area contributed by atoms with Gasteiger partial charge in [-0.2, -0.15) is 0 Å². The van der Waals surface area contributed by atoms with Crippen LogP contribution in [-0.4, -0.2) is 59.4 Å². The van der Waals surface area contributed by atoms with Gasteiger partial charge in [0.2, 0.25) is 0 Å². The fourth-order valence-electron chi connectivity index (χ4n) is 5.22. The number of epoxide rings is 1. The van der Waals surface area contributed by atoms with Gasteiger partial charge in [-0.25, -0.2) is 0 Å². The van der Waals surface area contributed by atoms with E-state index in [-0.39, 0.29) is 42.4 Å². The molecule has 0 radical (unpaired) electrons. The summed E-state index contributed by atoms with van der Waals surface area (Å²) in [5.41, 5.74) is 0.935. The second-order valence-electron chi connectivity index (χ2n) is 9.96. The first kappa shape index (κ1) is 26.0. The van der Waals surface area contributed by atoms with Crippen molar-refractivity contribution in [2.24, 2.45) is 17.8 Å². The zero-order valence-electron chi connectivity index (χ0n) is 20.2. The topological polar surface area (TPSA) is 88.5 Å². The van der Waals surface area contributed by atoms with E-state index < -0.39 is 12.1 Å². The predicted molar refractivity (Wildman–Crippen MR) is 121 cm³/mol. The van der Waals surface area contributed by atoms with Gasteiger partial charge in [0.15, 0.2) is 0 Å². The fraction of sp³-hybridized carbons (Fsp3) is 0.800. The molecule has 6 nitrogen and oxygen atoms in total. The highest BCUT2D eigenvalue weighted by Gasteiger charge is 2.56. The number of carboxylic acids is 1. The zero-order valence-corrected chi connectivity index (χ0v) is 20.2. The van der Waals surface area contributed by atoms with Crippen LogP contribution in [0.1, 0.15) is 67.2 Å². The molecule has 31 heavy (non-hydrogen) atoms. The molecule has 0 aliphatic carbocycles. The maximum Gasteiger partial charge on any atom is 0.305 e. The third-order valence-corrected chi connectivity index (χ3v) is 6.86. The minimum Gasteiger partial charge on any atom is -0.481 e. The first-order valence-electron chi connectivity index (χ1n) is 11.6. The molecular weight excluding hydrogens is 396 g/mol. The number of aliphatic carboxylic acids is 1. The highest BCUT2D eigenvalue weighted by Crippen LogP contribution is 2.47. The lowest BCUT2D eigenvalue weighted by atomic mass is 9.85. The second-order valence-corrected chi connectivity index (χ2v) is 9.96. The monoisotopic (exact) mass is 438 g/mol. The van der Waals surface area contributed by atoms with Gasteiger partial charge in [-0.15, -0.1) is 0 Å². The van der Waals surface area contributed by atoms with Gasteiger partial charge in [-0.1, -0.05) is 39.0 Å². The molecule has 2 rings (SSSR count). The van der Waals surface area contributed by atoms with E-state index in [0.29, 0.717) is 11.8 Å². The molecular formula is C25H42O6. The van der Waals surface area contributed by atoms with Gasteiger partial charge >= 0.3 is 5.97 Å². The molecule has 2 aliphatic rings. The zero-order chi connectivity index (χ0) is 23.3. The van der Waals surface area contributed by atoms with Crippen molar-refractivity contribution < 1.29 is 29.2 Å². The van der Waals surface area contributed by atoms with E-state index in [1.165, 1.54) is 0 Å². The van der Waals surface area contributed by atoms with Crippen molar-refractivity contribution in [3.05, 3.63) is 23.8 Å². The maximum absolute atomic E-state index is 11.0. The number of carboxylic acid groups (broad SMARTS) is 1. The van der Waals surface area contributed by atoms with Crippen molar-refractivity contribution in [2.75, 3.05) is 7.11 Å². The molecule has 0 amide bonds. The summed E-state index contributed by atoms with van der Waals surface area (Å²) in [5, 5.41) is 19.0. The van der Waals surface area contributed by atoms with Crippen molar-refractivity contribution in [1.29, 1.82) is 0 Å². The average molecular weight is 439 g/mol. The molecule has 2 heterocycles. The number of aliphatic hydroxyl groups excluding tert-OH is 1. The third kappa shape index (κ3) is 7.14. The van der Waals surface area contributed by atoms with Crippen LogP contribution in [0.3, 0.4) is 0 Å². The van der Waals surface area contributed by atoms with Crippen molar-refractivity contribution in [3.63, 3.8) is 0 Å². The number of hydrogen-bond donors (Lipinski definition) is 2. The minimum atomic E-state index is -0.803. The Morgan fingerprint density at radius 2 is 1.97 bits per heavy atom. The molecule has 8 unspecified atom stereocenters. The lowest BCUT2D eigenvalue weighted by Crippen LogP contribution is -2.36. The van der Waals surface area contributed by atoms with E-state index in [4.69, 9.17) is 19.3 Å². The van der Waals surface area contributed by atoms with Crippen LogP contribution in [0, 0.1) is 17.8 Å². The van der Waals surface area contributed by atoms with Crippen LogP contribution in [-0.2, 0) is 19.0 Å². The Morgan fingerprint density at radius 1 is 1.29 bits per heavy atom. The second kappa shape index (κ2) is 11.1. The summed E-state index contributed by atoms with van der Waals surface area (Å²) in [6.45, 7) is 12.4. The summed E-state index contributed by atoms with van der Waals surface area (Å²) in [6, 6.07) is 0. The molecule has 0 bridgehead atoms. The van der Waals surface area contributed by atoms with Gasteiger partial charge in [0.25, 0.3) is 0 Å². The number of allylic oxidation sites excluding steroid dienone is 3. The number of ether oxygens (including phenoxy) is 3. The van der Waals surface area contributed by atoms with Crippen molar-refractivity contribution in [3.8, 4) is 0 Å². The first-order valence-corrected chi connectivity index (χ1v) is 11.6. The highest BCUT2D eigenvalue weighted by atomic mass is 16.6. The van der Waals surface area contributed by atoms with Gasteiger partial charge in [-0.05, 0) is 57.4 Å². The molecule has 9 atom stereocenters. The van der Waals surface area contributed by atoms with Crippen LogP contribution in [0.15, 0.2) is 23.8 Å². The van der Waals surface area contributed by atoms with Crippen LogP contribution in [0.2, 0.25) is 0 Å². The van der Waals surface area contributed by atoms with Gasteiger partial charge in [-0.3, -0.25) is 4.79 Å². The quantitative estimate of drug-likeness (QED) is 0.368. The summed E-state index contributed by atoms with van der Waals surface area (Å²) in [5.74, 6) is 0.0402. The van der Waals surface area contributed by atoms with E-state index in [2.05, 4.69) is 52.8 Å². The Balaban J connectivity index is 1.89. The molecule has 6 heteroatoms. The number of aliphatic hydroxyl groups is 1. The number of carbonyl (C=O) groups is 1. The molecule has 0 aromatic rings. The first-order chi connectivity index (χ1) is 14.5. The van der Waals surface area contributed by atoms with E-state index in [1.807, 2.05) is 0 Å². The van der Waals surface area contributed by atoms with Crippen LogP contribution >= 0.6 is 0 Å². The van der Waals surface area contributed by atoms with E-state index in [9.17, 15) is 9.90 Å². The summed E-state index contributed by atoms with van der Waals surface area (Å²) >= 11 is 0. The molecule has 2 fully saturated rings. The predicted octanol–water partition coefficient (Wildman–Crippen LogP) is 4.36. The number of rotatable bonds is 11. The molecule has 0 aromatic carbocycles. The molecule has 2 aliphatic heterocycles. The summed E-state index contributed by atoms with van der Waals surface area (Å²) in [6.07, 6.45) is 8.21. The maximum atomic E-state index is 11.0. The van der Waals surface area contributed by atoms with Crippen LogP contribution in [0.25, 0.3) is 0 Å². The van der Waals surface area contributed by atoms with Gasteiger partial charge < -0.3 is 24.4 Å². The van der Waals surface area contributed by atoms with Gasteiger partial charge in [0, 0.05) is 13.0 Å². The number of hydrogen-bond acceptors (Lipinski definition) is 5. The fourth-order valence-corrected chi connectivity index (χ4v) is 5.22. The van der Waals surface area contributed by atoms with Crippen LogP contribution < -0.4 is 0 Å². The van der Waals surface area contributed by atoms with Gasteiger partial charge in [0.05, 0.1) is 42.5 Å². The lowest BCUT2D eigenvalue weighted by molar-refractivity contribution is -0.143. The van der Waals surface area contributed by atoms with E-state index >= 15 is 0 Å². The van der Waals surface area contributed by atoms with Crippen molar-refractivity contribution in [1.82, 2.24) is 0 Å². The molecule has 178 valence electrons. The SMILES string of the molecule is COC(C(C)O)C(C)C1O[C@@]1(C)CC(C)C=CC=C(C)C1OC(CC(=O)O)CCC1C. The Bertz CT molecular complexity index is 656. The largest absolute Gasteiger partial charge is 0.481 e. The Kier molecular flexibility index (Phi) is 9.31. The Labute approximate surface area is 187 Å². The van der Waals surface area contributed by atoms with E-state index in [1.54, 1.807) is 14.0 Å². The van der Waals surface area contributed by atoms with E-state index in [0.717, 1.165) is 24.8 Å². The smallest absolute Gasteiger partial charge is 0.305 e. The molecule has 0 saturated carbocycles. The number of methoxy groups -OCH3 is 1. The molecule has 2 saturated heterocycles. The third-order valence-electron chi connectivity index (χ3n) is 6.86. The average Bonchev–Trinajstić information content (AvgIpc) is 3.33. The minimum absolute atomic E-state index is 0.0287. The molecule has 2 N–H and O–H groups in total. The Hall–Kier alpha value is -1.21. The standard InChI is InChI=1S/C25H42O6/c1-15(14-25(6)24(31-25)18(4)23(29-7)19(5)26)9-8-10-16(2)22-17(3)11-12-20(30-22)13-21(27)28/h8-10,15,17-20,22-24,26H,11-14H2,1-7H3,(H,27,28)/t15?,17?,18?,19?,20?,22?,23?,24?,25-/m0/s1. The molecule has 0 spiro atoms. The summed E-state index contributed by atoms with van der Waals surface area (Å²) in [7, 11) is 1.63. The van der Waals surface area contributed by atoms with Crippen molar-refractivity contribution in [2.45, 2.75) is 103 Å². The highest BCUT2D eigenvalue weighted by molar-refractivity contribution is 5.67. The Morgan fingerprint density at radius 3 is 2.55 bits per heavy atom. The normalized spacial score (nSPS) is 35.5. The van der Waals surface area contributed by atoms with Crippen LogP contribution in [0.4, 0.5) is 0 Å².